The SMILES string of the molecule is COC(=O)c1sc(N/N=C\c2ccc(OC(=O)c3ccc(Cl)cc3Cl)c(OC)c2)nc1C. The van der Waals surface area contributed by atoms with Gasteiger partial charge in [0.15, 0.2) is 11.5 Å². The van der Waals surface area contributed by atoms with Crippen molar-refractivity contribution in [2.24, 2.45) is 5.10 Å². The van der Waals surface area contributed by atoms with Gasteiger partial charge < -0.3 is 14.2 Å². The first kappa shape index (κ1) is 23.5. The average molecular weight is 494 g/mol. The minimum absolute atomic E-state index is 0.179. The molecule has 0 amide bonds. The monoisotopic (exact) mass is 493 g/mol. The predicted molar refractivity (Wildman–Crippen MR) is 124 cm³/mol. The van der Waals surface area contributed by atoms with Crippen LogP contribution in [-0.4, -0.2) is 37.4 Å². The Bertz CT molecular complexity index is 1200. The lowest BCUT2D eigenvalue weighted by Gasteiger charge is -2.10. The molecule has 2 aromatic carbocycles. The number of halogens is 2. The molecule has 0 aliphatic heterocycles. The van der Waals surface area contributed by atoms with E-state index in [1.165, 1.54) is 32.6 Å². The molecule has 0 atom stereocenters. The van der Waals surface area contributed by atoms with E-state index in [0.29, 0.717) is 32.0 Å². The van der Waals surface area contributed by atoms with Gasteiger partial charge in [-0.15, -0.1) is 0 Å². The Balaban J connectivity index is 1.71. The Morgan fingerprint density at radius 1 is 1.09 bits per heavy atom. The molecule has 166 valence electrons. The van der Waals surface area contributed by atoms with Crippen LogP contribution in [-0.2, 0) is 4.74 Å². The molecule has 3 aromatic rings. The number of methoxy groups -OCH3 is 2. The van der Waals surface area contributed by atoms with Crippen molar-refractivity contribution in [1.82, 2.24) is 4.98 Å². The van der Waals surface area contributed by atoms with Gasteiger partial charge in [0, 0.05) is 5.02 Å². The highest BCUT2D eigenvalue weighted by molar-refractivity contribution is 7.17. The largest absolute Gasteiger partial charge is 0.493 e. The summed E-state index contributed by atoms with van der Waals surface area (Å²) in [6, 6.07) is 9.40. The third-order valence-electron chi connectivity index (χ3n) is 4.08. The molecular weight excluding hydrogens is 477 g/mol. The van der Waals surface area contributed by atoms with Crippen LogP contribution in [0.3, 0.4) is 0 Å². The van der Waals surface area contributed by atoms with Gasteiger partial charge >= 0.3 is 11.9 Å². The van der Waals surface area contributed by atoms with E-state index in [9.17, 15) is 9.59 Å². The van der Waals surface area contributed by atoms with Crippen LogP contribution in [0.2, 0.25) is 10.0 Å². The predicted octanol–water partition coefficient (Wildman–Crippen LogP) is 5.22. The number of carbonyl (C=O) groups is 2. The molecule has 0 unspecified atom stereocenters. The van der Waals surface area contributed by atoms with Crippen LogP contribution < -0.4 is 14.9 Å². The minimum Gasteiger partial charge on any atom is -0.493 e. The van der Waals surface area contributed by atoms with Gasteiger partial charge in [-0.3, -0.25) is 5.43 Å². The second kappa shape index (κ2) is 10.4. The average Bonchev–Trinajstić information content (AvgIpc) is 3.14. The number of rotatable bonds is 7. The summed E-state index contributed by atoms with van der Waals surface area (Å²) < 4.78 is 15.4. The van der Waals surface area contributed by atoms with Gasteiger partial charge in [-0.1, -0.05) is 34.5 Å². The fourth-order valence-electron chi connectivity index (χ4n) is 2.55. The first-order chi connectivity index (χ1) is 15.3. The molecule has 32 heavy (non-hydrogen) atoms. The number of nitrogens with zero attached hydrogens (tertiary/aromatic N) is 2. The number of anilines is 1. The van der Waals surface area contributed by atoms with Gasteiger partial charge in [-0.25, -0.2) is 14.6 Å². The van der Waals surface area contributed by atoms with E-state index >= 15 is 0 Å². The molecule has 11 heteroatoms. The van der Waals surface area contributed by atoms with E-state index in [1.54, 1.807) is 31.2 Å². The molecule has 0 saturated carbocycles. The van der Waals surface area contributed by atoms with Crippen LogP contribution in [0.5, 0.6) is 11.5 Å². The van der Waals surface area contributed by atoms with Crippen molar-refractivity contribution in [1.29, 1.82) is 0 Å². The lowest BCUT2D eigenvalue weighted by atomic mass is 10.2. The van der Waals surface area contributed by atoms with Crippen molar-refractivity contribution in [2.75, 3.05) is 19.6 Å². The second-order valence-corrected chi connectivity index (χ2v) is 8.06. The van der Waals surface area contributed by atoms with E-state index in [1.807, 2.05) is 0 Å². The maximum Gasteiger partial charge on any atom is 0.350 e. The van der Waals surface area contributed by atoms with E-state index in [0.717, 1.165) is 11.3 Å². The summed E-state index contributed by atoms with van der Waals surface area (Å²) in [6.07, 6.45) is 1.53. The van der Waals surface area contributed by atoms with Crippen molar-refractivity contribution in [3.63, 3.8) is 0 Å². The van der Waals surface area contributed by atoms with Crippen LogP contribution in [0.1, 0.15) is 31.3 Å². The van der Waals surface area contributed by atoms with Gasteiger partial charge in [-0.2, -0.15) is 5.10 Å². The van der Waals surface area contributed by atoms with Crippen molar-refractivity contribution in [3.05, 3.63) is 68.1 Å². The number of benzene rings is 2. The van der Waals surface area contributed by atoms with Crippen LogP contribution in [0.15, 0.2) is 41.5 Å². The molecule has 8 nitrogen and oxygen atoms in total. The lowest BCUT2D eigenvalue weighted by Crippen LogP contribution is -2.10. The summed E-state index contributed by atoms with van der Waals surface area (Å²) in [5.41, 5.74) is 4.16. The lowest BCUT2D eigenvalue weighted by molar-refractivity contribution is 0.0604. The Hall–Kier alpha value is -3.14. The first-order valence-corrected chi connectivity index (χ1v) is 10.6. The summed E-state index contributed by atoms with van der Waals surface area (Å²) in [4.78, 5) is 28.7. The maximum atomic E-state index is 12.4. The zero-order chi connectivity index (χ0) is 23.3. The molecule has 3 rings (SSSR count). The molecule has 1 heterocycles. The number of thiazole rings is 1. The Labute approximate surface area is 197 Å². The van der Waals surface area contributed by atoms with Crippen molar-refractivity contribution in [2.45, 2.75) is 6.92 Å². The van der Waals surface area contributed by atoms with E-state index in [4.69, 9.17) is 37.4 Å². The molecule has 1 aromatic heterocycles. The van der Waals surface area contributed by atoms with E-state index < -0.39 is 11.9 Å². The zero-order valence-corrected chi connectivity index (χ0v) is 19.5. The van der Waals surface area contributed by atoms with Gasteiger partial charge in [0.05, 0.1) is 36.7 Å². The van der Waals surface area contributed by atoms with Crippen molar-refractivity contribution in [3.8, 4) is 11.5 Å². The topological polar surface area (TPSA) is 99.1 Å². The summed E-state index contributed by atoms with van der Waals surface area (Å²) in [7, 11) is 2.76. The number of aryl methyl sites for hydroxylation is 1. The Kier molecular flexibility index (Phi) is 7.68. The maximum absolute atomic E-state index is 12.4. The molecule has 0 saturated heterocycles. The van der Waals surface area contributed by atoms with Gasteiger partial charge in [0.25, 0.3) is 0 Å². The fourth-order valence-corrected chi connectivity index (χ4v) is 3.87. The van der Waals surface area contributed by atoms with Crippen LogP contribution in [0.25, 0.3) is 0 Å². The normalized spacial score (nSPS) is 10.8. The molecular formula is C21H17Cl2N3O5S. The highest BCUT2D eigenvalue weighted by atomic mass is 35.5. The fraction of sp³-hybridized carbons (Fsp3) is 0.143. The standard InChI is InChI=1S/C21H17Cl2N3O5S/c1-11-18(20(28)30-3)32-21(25-11)26-24-10-12-4-7-16(17(8-12)29-2)31-19(27)14-6-5-13(22)9-15(14)23/h4-10H,1-3H3,(H,25,26)/b24-10-. The number of hydrogen-bond acceptors (Lipinski definition) is 9. The van der Waals surface area contributed by atoms with E-state index in [2.05, 4.69) is 15.5 Å². The van der Waals surface area contributed by atoms with Crippen molar-refractivity contribution >= 4 is 57.8 Å². The molecule has 0 aliphatic rings. The third kappa shape index (κ3) is 5.56. The molecule has 0 radical (unpaired) electrons. The quantitative estimate of drug-likeness (QED) is 0.208. The molecule has 1 N–H and O–H groups in total. The highest BCUT2D eigenvalue weighted by Gasteiger charge is 2.17. The smallest absolute Gasteiger partial charge is 0.350 e. The number of hydrogen-bond donors (Lipinski definition) is 1. The van der Waals surface area contributed by atoms with Gasteiger partial charge in [0.2, 0.25) is 5.13 Å². The summed E-state index contributed by atoms with van der Waals surface area (Å²) >= 11 is 13.1. The third-order valence-corrected chi connectivity index (χ3v) is 5.67. The van der Waals surface area contributed by atoms with Crippen molar-refractivity contribution < 1.29 is 23.8 Å². The molecule has 0 bridgehead atoms. The van der Waals surface area contributed by atoms with Crippen LogP contribution >= 0.6 is 34.5 Å². The highest BCUT2D eigenvalue weighted by Crippen LogP contribution is 2.30. The Morgan fingerprint density at radius 3 is 2.56 bits per heavy atom. The summed E-state index contributed by atoms with van der Waals surface area (Å²) in [5, 5.41) is 5.15. The number of nitrogens with one attached hydrogen (secondary N) is 1. The summed E-state index contributed by atoms with van der Waals surface area (Å²) in [5.74, 6) is -0.558. The van der Waals surface area contributed by atoms with Gasteiger partial charge in [0.1, 0.15) is 4.88 Å². The number of hydrazone groups is 1. The number of esters is 2. The summed E-state index contributed by atoms with van der Waals surface area (Å²) in [6.45, 7) is 1.71. The molecule has 0 spiro atoms. The molecule has 0 fully saturated rings. The molecule has 0 aliphatic carbocycles. The first-order valence-electron chi connectivity index (χ1n) is 9.02. The minimum atomic E-state index is -0.645. The second-order valence-electron chi connectivity index (χ2n) is 6.22. The van der Waals surface area contributed by atoms with Crippen LogP contribution in [0, 0.1) is 6.92 Å². The number of aromatic nitrogens is 1. The van der Waals surface area contributed by atoms with E-state index in [-0.39, 0.29) is 16.3 Å². The van der Waals surface area contributed by atoms with Gasteiger partial charge in [-0.05, 0) is 48.9 Å². The van der Waals surface area contributed by atoms with Crippen LogP contribution in [0.4, 0.5) is 5.13 Å². The zero-order valence-electron chi connectivity index (χ0n) is 17.1. The number of ether oxygens (including phenoxy) is 3. The Morgan fingerprint density at radius 2 is 1.88 bits per heavy atom. The number of carbonyl (C=O) groups excluding carboxylic acids is 2.